The molecule has 0 saturated heterocycles. The maximum absolute atomic E-state index is 13.4. The average molecular weight is 544 g/mol. The molecule has 13 heteroatoms. The second kappa shape index (κ2) is 15.2. The summed E-state index contributed by atoms with van der Waals surface area (Å²) in [5.74, 6) is -4.28. The number of imidazole rings is 1. The van der Waals surface area contributed by atoms with Crippen LogP contribution in [-0.2, 0) is 36.8 Å². The molecule has 0 aliphatic rings. The molecule has 0 aliphatic carbocycles. The van der Waals surface area contributed by atoms with E-state index in [1.165, 1.54) is 6.33 Å². The van der Waals surface area contributed by atoms with Crippen LogP contribution in [0.5, 0.6) is 0 Å². The van der Waals surface area contributed by atoms with E-state index in [2.05, 4.69) is 25.9 Å². The van der Waals surface area contributed by atoms with Crippen molar-refractivity contribution in [1.29, 1.82) is 0 Å². The molecule has 1 aromatic heterocycles. The van der Waals surface area contributed by atoms with Gasteiger partial charge in [-0.25, -0.2) is 9.78 Å². The van der Waals surface area contributed by atoms with Crippen molar-refractivity contribution in [3.05, 3.63) is 54.1 Å². The summed E-state index contributed by atoms with van der Waals surface area (Å²) in [6.45, 7) is 3.63. The zero-order valence-electron chi connectivity index (χ0n) is 22.1. The van der Waals surface area contributed by atoms with Crippen molar-refractivity contribution < 1.29 is 29.1 Å². The standard InChI is InChI=1S/C26H37N7O6/c1-3-15(2)22(33-23(35)18(27)12-17-13-29-14-30-17)25(37)32-20(11-16-7-5-4-6-8-16)24(36)31-19(26(38)39)9-10-21(28)34/h4-8,13-15,18-20,22H,3,9-12,27H2,1-2H3,(H2,28,34)(H,29,30)(H,31,36)(H,32,37)(H,33,35)(H,38,39). The molecule has 5 unspecified atom stereocenters. The third-order valence-electron chi connectivity index (χ3n) is 6.33. The number of H-pyrrole nitrogens is 1. The first-order valence-corrected chi connectivity index (χ1v) is 12.7. The van der Waals surface area contributed by atoms with Crippen LogP contribution in [-0.4, -0.2) is 68.8 Å². The molecule has 0 aliphatic heterocycles. The molecule has 0 bridgehead atoms. The first kappa shape index (κ1) is 31.0. The van der Waals surface area contributed by atoms with E-state index >= 15 is 0 Å². The van der Waals surface area contributed by atoms with Crippen LogP contribution in [0.15, 0.2) is 42.9 Å². The molecule has 0 radical (unpaired) electrons. The molecule has 0 saturated carbocycles. The zero-order valence-corrected chi connectivity index (χ0v) is 22.1. The molecule has 13 nitrogen and oxygen atoms in total. The number of nitrogens with one attached hydrogen (secondary N) is 4. The zero-order chi connectivity index (χ0) is 28.9. The van der Waals surface area contributed by atoms with Crippen molar-refractivity contribution in [1.82, 2.24) is 25.9 Å². The number of carboxylic acid groups (broad SMARTS) is 1. The SMILES string of the molecule is CCC(C)C(NC(=O)C(N)Cc1cnc[nH]1)C(=O)NC(Cc1ccccc1)C(=O)NC(CCC(N)=O)C(=O)O. The minimum Gasteiger partial charge on any atom is -0.480 e. The van der Waals surface area contributed by atoms with Gasteiger partial charge in [-0.1, -0.05) is 50.6 Å². The highest BCUT2D eigenvalue weighted by atomic mass is 16.4. The number of aromatic amines is 1. The first-order chi connectivity index (χ1) is 18.5. The van der Waals surface area contributed by atoms with Crippen molar-refractivity contribution in [3.8, 4) is 0 Å². The number of carbonyl (C=O) groups is 5. The van der Waals surface area contributed by atoms with Crippen LogP contribution in [0.1, 0.15) is 44.4 Å². The van der Waals surface area contributed by atoms with E-state index in [1.54, 1.807) is 43.5 Å². The van der Waals surface area contributed by atoms with E-state index in [9.17, 15) is 29.1 Å². The lowest BCUT2D eigenvalue weighted by atomic mass is 9.96. The number of nitrogens with zero attached hydrogens (tertiary/aromatic N) is 1. The molecule has 2 rings (SSSR count). The highest BCUT2D eigenvalue weighted by Gasteiger charge is 2.32. The Labute approximate surface area is 226 Å². The van der Waals surface area contributed by atoms with Gasteiger partial charge in [-0.2, -0.15) is 0 Å². The van der Waals surface area contributed by atoms with Crippen molar-refractivity contribution in [2.24, 2.45) is 17.4 Å². The van der Waals surface area contributed by atoms with Crippen LogP contribution < -0.4 is 27.4 Å². The second-order valence-electron chi connectivity index (χ2n) is 9.41. The summed E-state index contributed by atoms with van der Waals surface area (Å²) in [7, 11) is 0. The molecule has 0 spiro atoms. The van der Waals surface area contributed by atoms with Gasteiger partial charge >= 0.3 is 5.97 Å². The molecule has 1 aromatic carbocycles. The lowest BCUT2D eigenvalue weighted by Gasteiger charge is -2.28. The smallest absolute Gasteiger partial charge is 0.326 e. The van der Waals surface area contributed by atoms with E-state index < -0.39 is 53.8 Å². The number of carbonyl (C=O) groups excluding carboxylic acids is 4. The normalized spacial score (nSPS) is 14.7. The Balaban J connectivity index is 2.21. The van der Waals surface area contributed by atoms with Crippen LogP contribution in [0.4, 0.5) is 0 Å². The Bertz CT molecular complexity index is 1110. The van der Waals surface area contributed by atoms with Crippen LogP contribution >= 0.6 is 0 Å². The minimum absolute atomic E-state index is 0.0566. The number of carboxylic acids is 1. The highest BCUT2D eigenvalue weighted by molar-refractivity contribution is 5.94. The number of rotatable bonds is 16. The van der Waals surface area contributed by atoms with Gasteiger partial charge in [0.1, 0.15) is 18.1 Å². The first-order valence-electron chi connectivity index (χ1n) is 12.7. The van der Waals surface area contributed by atoms with Crippen molar-refractivity contribution in [2.75, 3.05) is 0 Å². The van der Waals surface area contributed by atoms with Gasteiger partial charge in [0.25, 0.3) is 0 Å². The van der Waals surface area contributed by atoms with E-state index in [0.717, 1.165) is 0 Å². The fourth-order valence-electron chi connectivity index (χ4n) is 3.83. The van der Waals surface area contributed by atoms with Crippen LogP contribution in [0.25, 0.3) is 0 Å². The van der Waals surface area contributed by atoms with E-state index in [4.69, 9.17) is 11.5 Å². The Morgan fingerprint density at radius 3 is 2.21 bits per heavy atom. The molecule has 2 aromatic rings. The number of amides is 4. The lowest BCUT2D eigenvalue weighted by molar-refractivity contribution is -0.142. The Morgan fingerprint density at radius 2 is 1.64 bits per heavy atom. The number of benzene rings is 1. The fourth-order valence-corrected chi connectivity index (χ4v) is 3.83. The number of aliphatic carboxylic acids is 1. The Morgan fingerprint density at radius 1 is 0.974 bits per heavy atom. The fraction of sp³-hybridized carbons (Fsp3) is 0.462. The van der Waals surface area contributed by atoms with Crippen LogP contribution in [0, 0.1) is 5.92 Å². The van der Waals surface area contributed by atoms with Crippen molar-refractivity contribution in [3.63, 3.8) is 0 Å². The van der Waals surface area contributed by atoms with E-state index in [-0.39, 0.29) is 31.6 Å². The molecule has 9 N–H and O–H groups in total. The second-order valence-corrected chi connectivity index (χ2v) is 9.41. The number of aromatic nitrogens is 2. The number of hydrogen-bond acceptors (Lipinski definition) is 7. The summed E-state index contributed by atoms with van der Waals surface area (Å²) in [6.07, 6.45) is 3.35. The van der Waals surface area contributed by atoms with Crippen molar-refractivity contribution in [2.45, 2.75) is 70.1 Å². The topological polar surface area (TPSA) is 222 Å². The van der Waals surface area contributed by atoms with Gasteiger partial charge in [0, 0.05) is 31.2 Å². The van der Waals surface area contributed by atoms with Gasteiger partial charge < -0.3 is 37.5 Å². The molecule has 5 atom stereocenters. The maximum Gasteiger partial charge on any atom is 0.326 e. The molecular formula is C26H37N7O6. The van der Waals surface area contributed by atoms with Gasteiger partial charge in [0.05, 0.1) is 12.4 Å². The summed E-state index contributed by atoms with van der Waals surface area (Å²) in [5, 5.41) is 17.3. The summed E-state index contributed by atoms with van der Waals surface area (Å²) in [5.41, 5.74) is 12.5. The largest absolute Gasteiger partial charge is 0.480 e. The third kappa shape index (κ3) is 10.2. The molecule has 4 amide bonds. The van der Waals surface area contributed by atoms with Gasteiger partial charge in [0.2, 0.25) is 23.6 Å². The van der Waals surface area contributed by atoms with Gasteiger partial charge in [-0.15, -0.1) is 0 Å². The van der Waals surface area contributed by atoms with Gasteiger partial charge in [-0.05, 0) is 17.9 Å². The van der Waals surface area contributed by atoms with E-state index in [0.29, 0.717) is 17.7 Å². The lowest BCUT2D eigenvalue weighted by Crippen LogP contribution is -2.59. The predicted molar refractivity (Wildman–Crippen MR) is 142 cm³/mol. The van der Waals surface area contributed by atoms with Gasteiger partial charge in [-0.3, -0.25) is 19.2 Å². The van der Waals surface area contributed by atoms with E-state index in [1.807, 2.05) is 6.92 Å². The molecule has 212 valence electrons. The number of primary amides is 1. The summed E-state index contributed by atoms with van der Waals surface area (Å²) in [6, 6.07) is 4.34. The maximum atomic E-state index is 13.4. The summed E-state index contributed by atoms with van der Waals surface area (Å²) in [4.78, 5) is 69.0. The van der Waals surface area contributed by atoms with Crippen LogP contribution in [0.3, 0.4) is 0 Å². The summed E-state index contributed by atoms with van der Waals surface area (Å²) >= 11 is 0. The Kier molecular flexibility index (Phi) is 12.1. The minimum atomic E-state index is -1.38. The molecular weight excluding hydrogens is 506 g/mol. The molecule has 1 heterocycles. The molecule has 39 heavy (non-hydrogen) atoms. The quantitative estimate of drug-likeness (QED) is 0.144. The van der Waals surface area contributed by atoms with Crippen LogP contribution in [0.2, 0.25) is 0 Å². The molecule has 0 fully saturated rings. The monoisotopic (exact) mass is 543 g/mol. The average Bonchev–Trinajstić information content (AvgIpc) is 3.41. The summed E-state index contributed by atoms with van der Waals surface area (Å²) < 4.78 is 0. The van der Waals surface area contributed by atoms with Crippen molar-refractivity contribution >= 4 is 29.6 Å². The highest BCUT2D eigenvalue weighted by Crippen LogP contribution is 2.11. The predicted octanol–water partition coefficient (Wildman–Crippen LogP) is -0.627. The Hall–Kier alpha value is -4.26. The van der Waals surface area contributed by atoms with Gasteiger partial charge in [0.15, 0.2) is 0 Å². The number of hydrogen-bond donors (Lipinski definition) is 7. The third-order valence-corrected chi connectivity index (χ3v) is 6.33. The number of nitrogens with two attached hydrogens (primary N) is 2.